The molecule has 6 aromatic rings. The van der Waals surface area contributed by atoms with Gasteiger partial charge in [0.2, 0.25) is 10.9 Å². The Balaban J connectivity index is 1.32. The Morgan fingerprint density at radius 1 is 0.875 bits per heavy atom. The number of amides is 2. The van der Waals surface area contributed by atoms with E-state index in [2.05, 4.69) is 10.2 Å². The van der Waals surface area contributed by atoms with Gasteiger partial charge >= 0.3 is 0 Å². The van der Waals surface area contributed by atoms with Crippen LogP contribution in [0, 0.1) is 26.6 Å². The van der Waals surface area contributed by atoms with Crippen LogP contribution in [0.25, 0.3) is 11.0 Å². The molecule has 2 aromatic heterocycles. The van der Waals surface area contributed by atoms with Gasteiger partial charge < -0.3 is 9.32 Å². The number of carbonyl (C=O) groups excluding carboxylic acids is 2. The van der Waals surface area contributed by atoms with Crippen molar-refractivity contribution >= 4 is 56.7 Å². The lowest BCUT2D eigenvalue weighted by Crippen LogP contribution is -2.53. The van der Waals surface area contributed by atoms with Crippen molar-refractivity contribution in [2.45, 2.75) is 42.9 Å². The van der Waals surface area contributed by atoms with Gasteiger partial charge in [0.05, 0.1) is 23.2 Å². The summed E-state index contributed by atoms with van der Waals surface area (Å²) in [7, 11) is 0. The number of hydrogen-bond acceptors (Lipinski definition) is 8. The smallest absolute Gasteiger partial charge is 0.297 e. The number of thioether (sulfide) groups is 1. The van der Waals surface area contributed by atoms with Crippen molar-refractivity contribution < 1.29 is 18.4 Å². The van der Waals surface area contributed by atoms with Crippen LogP contribution in [-0.2, 0) is 22.6 Å². The van der Waals surface area contributed by atoms with E-state index in [1.807, 2.05) is 57.2 Å². The predicted molar refractivity (Wildman–Crippen MR) is 184 cm³/mol. The lowest BCUT2D eigenvalue weighted by atomic mass is 9.84. The minimum Gasteiger partial charge on any atom is -0.450 e. The number of hydrogen-bond donors (Lipinski definition) is 0. The summed E-state index contributed by atoms with van der Waals surface area (Å²) >= 11 is 2.52. The molecule has 4 aromatic carbocycles. The first-order valence-corrected chi connectivity index (χ1v) is 17.1. The van der Waals surface area contributed by atoms with Crippen molar-refractivity contribution in [2.75, 3.05) is 9.80 Å². The fraction of sp³-hybridized carbons (Fsp3) is 0.162. The first kappa shape index (κ1) is 30.2. The van der Waals surface area contributed by atoms with Gasteiger partial charge in [0, 0.05) is 11.3 Å². The van der Waals surface area contributed by atoms with E-state index in [0.717, 1.165) is 39.2 Å². The zero-order chi connectivity index (χ0) is 33.3. The zero-order valence-corrected chi connectivity index (χ0v) is 27.7. The molecule has 48 heavy (non-hydrogen) atoms. The summed E-state index contributed by atoms with van der Waals surface area (Å²) in [5.41, 5.74) is 3.63. The van der Waals surface area contributed by atoms with Gasteiger partial charge in [0.15, 0.2) is 15.3 Å². The maximum atomic E-state index is 15.2. The van der Waals surface area contributed by atoms with Crippen LogP contribution < -0.4 is 15.2 Å². The molecule has 8 rings (SSSR count). The van der Waals surface area contributed by atoms with Crippen LogP contribution in [0.1, 0.15) is 49.5 Å². The number of fused-ring (bicyclic) bond motifs is 5. The number of benzene rings is 4. The van der Waals surface area contributed by atoms with E-state index in [0.29, 0.717) is 26.7 Å². The molecule has 0 saturated heterocycles. The maximum Gasteiger partial charge on any atom is 0.297 e. The summed E-state index contributed by atoms with van der Waals surface area (Å²) in [5.74, 6) is -1.12. The van der Waals surface area contributed by atoms with E-state index < -0.39 is 22.8 Å². The molecule has 0 radical (unpaired) electrons. The second-order valence-corrected chi connectivity index (χ2v) is 14.3. The maximum absolute atomic E-state index is 15.2. The van der Waals surface area contributed by atoms with Crippen LogP contribution in [0.4, 0.5) is 15.2 Å². The molecule has 0 aliphatic carbocycles. The standard InChI is InChI=1S/C37H27FN4O4S2/c1-20-7-6-8-24(15-20)18-41-28-10-5-4-9-27(28)37(34(41)45)30-31(43)26-16-21(2)22(3)17-29(26)46-32(30)33(44)42(37)35-39-40-36(48-35)47-19-23-11-13-25(38)14-12-23/h4-17H,18-19H2,1-3H3. The van der Waals surface area contributed by atoms with Crippen LogP contribution in [-0.4, -0.2) is 22.0 Å². The number of nitrogens with zero attached hydrogens (tertiary/aromatic N) is 4. The molecular weight excluding hydrogens is 648 g/mol. The van der Waals surface area contributed by atoms with Gasteiger partial charge in [-0.3, -0.25) is 19.3 Å². The van der Waals surface area contributed by atoms with Gasteiger partial charge in [0.1, 0.15) is 11.4 Å². The zero-order valence-electron chi connectivity index (χ0n) is 26.1. The third-order valence-corrected chi connectivity index (χ3v) is 11.1. The minimum absolute atomic E-state index is 0.0249. The molecule has 0 fully saturated rings. The number of carbonyl (C=O) groups is 2. The molecular formula is C37H27FN4O4S2. The Kier molecular flexibility index (Phi) is 7.08. The highest BCUT2D eigenvalue weighted by molar-refractivity contribution is 8.00. The monoisotopic (exact) mass is 674 g/mol. The van der Waals surface area contributed by atoms with E-state index in [1.54, 1.807) is 41.3 Å². The number of aryl methyl sites for hydroxylation is 3. The summed E-state index contributed by atoms with van der Waals surface area (Å²) in [5, 5.41) is 9.21. The van der Waals surface area contributed by atoms with Crippen molar-refractivity contribution in [3.63, 3.8) is 0 Å². The molecule has 1 atom stereocenters. The third-order valence-electron chi connectivity index (χ3n) is 9.03. The SMILES string of the molecule is Cc1cccc(CN2C(=O)C3(c4ccccc42)c2c(oc4cc(C)c(C)cc4c2=O)C(=O)N3c2nnc(SCc3ccc(F)cc3)s2)c1. The molecule has 11 heteroatoms. The molecule has 1 spiro atoms. The predicted octanol–water partition coefficient (Wildman–Crippen LogP) is 7.45. The Labute approximate surface area is 282 Å². The molecule has 8 nitrogen and oxygen atoms in total. The average Bonchev–Trinajstić information content (AvgIpc) is 3.71. The van der Waals surface area contributed by atoms with Crippen LogP contribution in [0.15, 0.2) is 98.5 Å². The van der Waals surface area contributed by atoms with Crippen molar-refractivity contribution in [1.82, 2.24) is 10.2 Å². The summed E-state index contributed by atoms with van der Waals surface area (Å²) < 4.78 is 20.3. The fourth-order valence-electron chi connectivity index (χ4n) is 6.65. The quantitative estimate of drug-likeness (QED) is 0.134. The Morgan fingerprint density at radius 3 is 2.44 bits per heavy atom. The summed E-state index contributed by atoms with van der Waals surface area (Å²) in [6.45, 7) is 6.02. The highest BCUT2D eigenvalue weighted by atomic mass is 32.2. The molecule has 0 saturated carbocycles. The topological polar surface area (TPSA) is 96.6 Å². The fourth-order valence-corrected chi connectivity index (χ4v) is 8.49. The van der Waals surface area contributed by atoms with Crippen LogP contribution in [0.3, 0.4) is 0 Å². The van der Waals surface area contributed by atoms with Crippen LogP contribution >= 0.6 is 23.1 Å². The minimum atomic E-state index is -1.88. The normalized spacial score (nSPS) is 16.8. The molecule has 1 unspecified atom stereocenters. The van der Waals surface area contributed by atoms with Gasteiger partial charge in [-0.1, -0.05) is 83.3 Å². The van der Waals surface area contributed by atoms with Gasteiger partial charge in [-0.15, -0.1) is 10.2 Å². The molecule has 0 bridgehead atoms. The Bertz CT molecular complexity index is 2370. The Morgan fingerprint density at radius 2 is 1.65 bits per heavy atom. The second-order valence-electron chi connectivity index (χ2n) is 12.1. The van der Waals surface area contributed by atoms with E-state index in [-0.39, 0.29) is 34.4 Å². The first-order chi connectivity index (χ1) is 23.2. The molecule has 2 amide bonds. The molecule has 4 heterocycles. The van der Waals surface area contributed by atoms with Crippen LogP contribution in [0.2, 0.25) is 0 Å². The Hall–Kier alpha value is -5.13. The van der Waals surface area contributed by atoms with Crippen molar-refractivity contribution in [1.29, 1.82) is 0 Å². The van der Waals surface area contributed by atoms with Crippen LogP contribution in [0.5, 0.6) is 0 Å². The number of anilines is 2. The van der Waals surface area contributed by atoms with Crippen molar-refractivity contribution in [3.8, 4) is 0 Å². The largest absolute Gasteiger partial charge is 0.450 e. The van der Waals surface area contributed by atoms with Gasteiger partial charge in [-0.2, -0.15) is 0 Å². The van der Waals surface area contributed by atoms with E-state index in [9.17, 15) is 14.0 Å². The number of aromatic nitrogens is 2. The van der Waals surface area contributed by atoms with E-state index in [4.69, 9.17) is 4.42 Å². The number of para-hydroxylation sites is 1. The molecule has 238 valence electrons. The van der Waals surface area contributed by atoms with Crippen molar-refractivity contribution in [3.05, 3.63) is 146 Å². The van der Waals surface area contributed by atoms with E-state index in [1.165, 1.54) is 28.8 Å². The van der Waals surface area contributed by atoms with Crippen molar-refractivity contribution in [2.24, 2.45) is 0 Å². The van der Waals surface area contributed by atoms with Gasteiger partial charge in [0.25, 0.3) is 11.8 Å². The molecule has 0 N–H and O–H groups in total. The first-order valence-electron chi connectivity index (χ1n) is 15.3. The molecule has 2 aliphatic rings. The van der Waals surface area contributed by atoms with E-state index >= 15 is 4.79 Å². The lowest BCUT2D eigenvalue weighted by Gasteiger charge is -2.32. The number of halogens is 1. The highest BCUT2D eigenvalue weighted by Crippen LogP contribution is 2.55. The third kappa shape index (κ3) is 4.52. The lowest BCUT2D eigenvalue weighted by molar-refractivity contribution is -0.121. The summed E-state index contributed by atoms with van der Waals surface area (Å²) in [6, 6.07) is 24.8. The van der Waals surface area contributed by atoms with Gasteiger partial charge in [-0.25, -0.2) is 4.39 Å². The summed E-state index contributed by atoms with van der Waals surface area (Å²) in [4.78, 5) is 47.4. The molecule has 2 aliphatic heterocycles. The second kappa shape index (κ2) is 11.2. The number of rotatable bonds is 6. The summed E-state index contributed by atoms with van der Waals surface area (Å²) in [6.07, 6.45) is 0. The van der Waals surface area contributed by atoms with Gasteiger partial charge in [-0.05, 0) is 73.4 Å². The highest BCUT2D eigenvalue weighted by Gasteiger charge is 2.66. The average molecular weight is 675 g/mol.